The molecule has 5 heteroatoms. The molecule has 2 saturated heterocycles. The molecule has 3 nitrogen and oxygen atoms in total. The Morgan fingerprint density at radius 3 is 2.81 bits per heavy atom. The molecule has 2 heterocycles. The van der Waals surface area contributed by atoms with Crippen LogP contribution in [0.25, 0.3) is 0 Å². The highest BCUT2D eigenvalue weighted by Crippen LogP contribution is 2.25. The maximum Gasteiger partial charge on any atom is 0.150 e. The second-order valence-corrected chi connectivity index (χ2v) is 8.72. The number of nitrogens with one attached hydrogen (secondary N) is 1. The quantitative estimate of drug-likeness (QED) is 0.833. The summed E-state index contributed by atoms with van der Waals surface area (Å²) in [6, 6.07) is 0.585. The summed E-state index contributed by atoms with van der Waals surface area (Å²) < 4.78 is 22.6. The van der Waals surface area contributed by atoms with E-state index in [1.807, 2.05) is 11.8 Å². The number of hydrogen-bond acceptors (Lipinski definition) is 4. The standard InChI is InChI=1S/C11H21NO2S2/c1-9-11(3-2-5-15-9)12-7-10-4-6-16(13,14)8-10/h9-12H,2-8H2,1H3. The van der Waals surface area contributed by atoms with Gasteiger partial charge in [-0.2, -0.15) is 11.8 Å². The van der Waals surface area contributed by atoms with Crippen LogP contribution in [0, 0.1) is 5.92 Å². The van der Waals surface area contributed by atoms with Gasteiger partial charge in [-0.1, -0.05) is 6.92 Å². The van der Waals surface area contributed by atoms with Crippen LogP contribution in [0.1, 0.15) is 26.2 Å². The van der Waals surface area contributed by atoms with Crippen LogP contribution in [0.4, 0.5) is 0 Å². The molecule has 3 atom stereocenters. The molecule has 0 saturated carbocycles. The normalized spacial score (nSPS) is 38.7. The summed E-state index contributed by atoms with van der Waals surface area (Å²) in [5, 5.41) is 4.24. The van der Waals surface area contributed by atoms with Gasteiger partial charge in [-0.15, -0.1) is 0 Å². The van der Waals surface area contributed by atoms with Crippen molar-refractivity contribution in [3.8, 4) is 0 Å². The van der Waals surface area contributed by atoms with E-state index in [1.165, 1.54) is 18.6 Å². The minimum atomic E-state index is -2.71. The molecule has 0 radical (unpaired) electrons. The Morgan fingerprint density at radius 1 is 1.38 bits per heavy atom. The fourth-order valence-electron chi connectivity index (χ4n) is 2.54. The smallest absolute Gasteiger partial charge is 0.150 e. The van der Waals surface area contributed by atoms with Crippen molar-refractivity contribution >= 4 is 21.6 Å². The summed E-state index contributed by atoms with van der Waals surface area (Å²) in [6.07, 6.45) is 3.38. The SMILES string of the molecule is CC1SCCCC1NCC1CCS(=O)(=O)C1. The summed E-state index contributed by atoms with van der Waals surface area (Å²) >= 11 is 2.03. The van der Waals surface area contributed by atoms with Gasteiger partial charge in [0.1, 0.15) is 0 Å². The Balaban J connectivity index is 1.75. The van der Waals surface area contributed by atoms with E-state index in [4.69, 9.17) is 0 Å². The molecule has 0 bridgehead atoms. The van der Waals surface area contributed by atoms with Gasteiger partial charge in [0.15, 0.2) is 9.84 Å². The zero-order valence-corrected chi connectivity index (χ0v) is 11.4. The van der Waals surface area contributed by atoms with E-state index >= 15 is 0 Å². The van der Waals surface area contributed by atoms with Crippen molar-refractivity contribution in [1.29, 1.82) is 0 Å². The van der Waals surface area contributed by atoms with Gasteiger partial charge < -0.3 is 5.32 Å². The molecule has 0 spiro atoms. The molecular weight excluding hydrogens is 242 g/mol. The Hall–Kier alpha value is 0.260. The summed E-state index contributed by atoms with van der Waals surface area (Å²) in [6.45, 7) is 3.15. The van der Waals surface area contributed by atoms with E-state index in [-0.39, 0.29) is 0 Å². The van der Waals surface area contributed by atoms with Crippen LogP contribution >= 0.6 is 11.8 Å². The third kappa shape index (κ3) is 3.37. The van der Waals surface area contributed by atoms with Crippen LogP contribution in [0.5, 0.6) is 0 Å². The van der Waals surface area contributed by atoms with Crippen molar-refractivity contribution in [3.05, 3.63) is 0 Å². The minimum absolute atomic E-state index is 0.351. The average molecular weight is 263 g/mol. The molecule has 0 amide bonds. The van der Waals surface area contributed by atoms with Gasteiger partial charge in [0.05, 0.1) is 11.5 Å². The Morgan fingerprint density at radius 2 is 2.19 bits per heavy atom. The predicted octanol–water partition coefficient (Wildman–Crippen LogP) is 1.29. The zero-order valence-electron chi connectivity index (χ0n) is 9.81. The first-order valence-corrected chi connectivity index (χ1v) is 8.99. The molecule has 3 unspecified atom stereocenters. The number of hydrogen-bond donors (Lipinski definition) is 1. The minimum Gasteiger partial charge on any atom is -0.313 e. The number of thioether (sulfide) groups is 1. The van der Waals surface area contributed by atoms with E-state index < -0.39 is 9.84 Å². The van der Waals surface area contributed by atoms with E-state index in [9.17, 15) is 8.42 Å². The van der Waals surface area contributed by atoms with Crippen LogP contribution in [-0.4, -0.2) is 43.5 Å². The first-order valence-electron chi connectivity index (χ1n) is 6.12. The third-order valence-corrected chi connectivity index (χ3v) is 6.82. The highest BCUT2D eigenvalue weighted by molar-refractivity contribution is 8.00. The molecule has 1 N–H and O–H groups in total. The van der Waals surface area contributed by atoms with Gasteiger partial charge >= 0.3 is 0 Å². The highest BCUT2D eigenvalue weighted by atomic mass is 32.2. The highest BCUT2D eigenvalue weighted by Gasteiger charge is 2.29. The van der Waals surface area contributed by atoms with Crippen LogP contribution < -0.4 is 5.32 Å². The van der Waals surface area contributed by atoms with E-state index in [1.54, 1.807) is 0 Å². The molecule has 2 aliphatic heterocycles. The van der Waals surface area contributed by atoms with Crippen molar-refractivity contribution < 1.29 is 8.42 Å². The maximum absolute atomic E-state index is 11.3. The summed E-state index contributed by atoms with van der Waals surface area (Å²) in [4.78, 5) is 0. The van der Waals surface area contributed by atoms with Gasteiger partial charge in [-0.05, 0) is 37.5 Å². The van der Waals surface area contributed by atoms with E-state index in [0.29, 0.717) is 28.7 Å². The third-order valence-electron chi connectivity index (χ3n) is 3.60. The molecule has 2 aliphatic rings. The lowest BCUT2D eigenvalue weighted by molar-refractivity contribution is 0.419. The Kier molecular flexibility index (Phi) is 4.19. The van der Waals surface area contributed by atoms with Crippen molar-refractivity contribution in [1.82, 2.24) is 5.32 Å². The van der Waals surface area contributed by atoms with Gasteiger partial charge in [0, 0.05) is 11.3 Å². The van der Waals surface area contributed by atoms with Crippen molar-refractivity contribution in [2.45, 2.75) is 37.5 Å². The van der Waals surface area contributed by atoms with E-state index in [2.05, 4.69) is 12.2 Å². The zero-order chi connectivity index (χ0) is 11.6. The second-order valence-electron chi connectivity index (χ2n) is 5.00. The first-order chi connectivity index (χ1) is 7.57. The van der Waals surface area contributed by atoms with Crippen LogP contribution in [-0.2, 0) is 9.84 Å². The van der Waals surface area contributed by atoms with Crippen molar-refractivity contribution in [2.75, 3.05) is 23.8 Å². The molecule has 2 fully saturated rings. The lowest BCUT2D eigenvalue weighted by Gasteiger charge is -2.30. The van der Waals surface area contributed by atoms with Gasteiger partial charge in [-0.3, -0.25) is 0 Å². The maximum atomic E-state index is 11.3. The predicted molar refractivity (Wildman–Crippen MR) is 69.7 cm³/mol. The molecule has 16 heavy (non-hydrogen) atoms. The summed E-state index contributed by atoms with van der Waals surface area (Å²) in [5.41, 5.74) is 0. The molecule has 0 aromatic carbocycles. The molecule has 94 valence electrons. The van der Waals surface area contributed by atoms with Gasteiger partial charge in [0.25, 0.3) is 0 Å². The monoisotopic (exact) mass is 263 g/mol. The first kappa shape index (κ1) is 12.7. The van der Waals surface area contributed by atoms with Crippen molar-refractivity contribution in [2.24, 2.45) is 5.92 Å². The average Bonchev–Trinajstić information content (AvgIpc) is 2.57. The summed E-state index contributed by atoms with van der Waals surface area (Å²) in [7, 11) is -2.71. The molecular formula is C11H21NO2S2. The molecule has 0 aliphatic carbocycles. The molecule has 0 aromatic heterocycles. The number of rotatable bonds is 3. The molecule has 0 aromatic rings. The largest absolute Gasteiger partial charge is 0.313 e. The molecule has 2 rings (SSSR count). The van der Waals surface area contributed by atoms with Crippen LogP contribution in [0.15, 0.2) is 0 Å². The van der Waals surface area contributed by atoms with Crippen molar-refractivity contribution in [3.63, 3.8) is 0 Å². The van der Waals surface area contributed by atoms with E-state index in [0.717, 1.165) is 13.0 Å². The number of sulfone groups is 1. The summed E-state index contributed by atoms with van der Waals surface area (Å²) in [5.74, 6) is 2.42. The fourth-order valence-corrected chi connectivity index (χ4v) is 5.57. The topological polar surface area (TPSA) is 46.2 Å². The second kappa shape index (κ2) is 5.27. The Labute approximate surface area is 103 Å². The van der Waals surface area contributed by atoms with Gasteiger partial charge in [-0.25, -0.2) is 8.42 Å². The van der Waals surface area contributed by atoms with Crippen LogP contribution in [0.3, 0.4) is 0 Å². The van der Waals surface area contributed by atoms with Crippen LogP contribution in [0.2, 0.25) is 0 Å². The lowest BCUT2D eigenvalue weighted by atomic mass is 10.1. The lowest BCUT2D eigenvalue weighted by Crippen LogP contribution is -2.41. The Bertz CT molecular complexity index is 329. The fraction of sp³-hybridized carbons (Fsp3) is 1.00. The van der Waals surface area contributed by atoms with Gasteiger partial charge in [0.2, 0.25) is 0 Å².